The Morgan fingerprint density at radius 2 is 2.12 bits per heavy atom. The molecule has 1 N–H and O–H groups in total. The number of aliphatic imine (C=N–C) groups is 1. The summed E-state index contributed by atoms with van der Waals surface area (Å²) in [6, 6.07) is 3.26. The van der Waals surface area contributed by atoms with Crippen LogP contribution in [0.15, 0.2) is 23.2 Å². The summed E-state index contributed by atoms with van der Waals surface area (Å²) in [5.74, 6) is 0. The van der Waals surface area contributed by atoms with Crippen LogP contribution in [-0.2, 0) is 6.18 Å². The molecule has 0 saturated heterocycles. The van der Waals surface area contributed by atoms with Gasteiger partial charge in [-0.25, -0.2) is 4.99 Å². The molecule has 0 spiro atoms. The summed E-state index contributed by atoms with van der Waals surface area (Å²) in [4.78, 5) is 3.71. The minimum absolute atomic E-state index is 0.178. The van der Waals surface area contributed by atoms with Gasteiger partial charge in [-0.1, -0.05) is 6.07 Å². The number of benzene rings is 1. The molecule has 16 heavy (non-hydrogen) atoms. The summed E-state index contributed by atoms with van der Waals surface area (Å²) in [5, 5.41) is 10.3. The van der Waals surface area contributed by atoms with Crippen LogP contribution in [0.3, 0.4) is 0 Å². The van der Waals surface area contributed by atoms with E-state index in [0.29, 0.717) is 5.56 Å². The summed E-state index contributed by atoms with van der Waals surface area (Å²) in [5.41, 5.74) is 0.0174. The van der Waals surface area contributed by atoms with E-state index in [1.165, 1.54) is 6.07 Å². The smallest absolute Gasteiger partial charge is 0.283 e. The fourth-order valence-electron chi connectivity index (χ4n) is 1.06. The lowest BCUT2D eigenvalue weighted by molar-refractivity contribution is -0.137. The number of nitrogens with zero attached hydrogens (tertiary/aromatic N) is 2. The number of hydrogen-bond acceptors (Lipinski definition) is 2. The van der Waals surface area contributed by atoms with Crippen LogP contribution in [0.1, 0.15) is 11.1 Å². The fourth-order valence-corrected chi connectivity index (χ4v) is 1.06. The molecule has 0 aliphatic rings. The predicted molar refractivity (Wildman–Crippen MR) is 53.1 cm³/mol. The molecule has 0 atom stereocenters. The van der Waals surface area contributed by atoms with Crippen LogP contribution in [0, 0.1) is 18.4 Å². The number of alkyl halides is 3. The monoisotopic (exact) mass is 227 g/mol. The zero-order chi connectivity index (χ0) is 12.2. The third-order valence-corrected chi connectivity index (χ3v) is 1.87. The van der Waals surface area contributed by atoms with Gasteiger partial charge in [-0.3, -0.25) is 5.32 Å². The molecule has 0 aliphatic heterocycles. The Morgan fingerprint density at radius 3 is 2.69 bits per heavy atom. The summed E-state index contributed by atoms with van der Waals surface area (Å²) in [7, 11) is 0. The molecule has 1 aromatic carbocycles. The van der Waals surface area contributed by atoms with Gasteiger partial charge in [0.15, 0.2) is 6.19 Å². The van der Waals surface area contributed by atoms with Gasteiger partial charge in [0.25, 0.3) is 0 Å². The maximum atomic E-state index is 12.4. The van der Waals surface area contributed by atoms with E-state index in [4.69, 9.17) is 5.26 Å². The highest BCUT2D eigenvalue weighted by Crippen LogP contribution is 2.32. The van der Waals surface area contributed by atoms with E-state index >= 15 is 0 Å². The van der Waals surface area contributed by atoms with Gasteiger partial charge in [-0.15, -0.1) is 0 Å². The van der Waals surface area contributed by atoms with Crippen LogP contribution < -0.4 is 5.32 Å². The molecule has 0 aliphatic carbocycles. The Bertz CT molecular complexity index is 444. The van der Waals surface area contributed by atoms with Crippen LogP contribution in [0.4, 0.5) is 18.9 Å². The van der Waals surface area contributed by atoms with Gasteiger partial charge in [0.05, 0.1) is 11.3 Å². The van der Waals surface area contributed by atoms with Gasteiger partial charge in [-0.2, -0.15) is 18.4 Å². The molecule has 3 nitrogen and oxygen atoms in total. The van der Waals surface area contributed by atoms with E-state index in [1.54, 1.807) is 13.1 Å². The second-order valence-corrected chi connectivity index (χ2v) is 3.01. The molecule has 0 unspecified atom stereocenters. The van der Waals surface area contributed by atoms with Gasteiger partial charge in [0.1, 0.15) is 6.34 Å². The topological polar surface area (TPSA) is 48.2 Å². The van der Waals surface area contributed by atoms with E-state index in [1.807, 2.05) is 0 Å². The van der Waals surface area contributed by atoms with Crippen molar-refractivity contribution in [1.82, 2.24) is 5.32 Å². The molecule has 0 bridgehead atoms. The molecule has 6 heteroatoms. The first kappa shape index (κ1) is 12.0. The minimum atomic E-state index is -4.39. The van der Waals surface area contributed by atoms with E-state index < -0.39 is 11.7 Å². The molecule has 0 aromatic heterocycles. The van der Waals surface area contributed by atoms with Crippen LogP contribution in [0.25, 0.3) is 0 Å². The zero-order valence-corrected chi connectivity index (χ0v) is 8.34. The van der Waals surface area contributed by atoms with Gasteiger partial charge in [-0.05, 0) is 24.6 Å². The first-order valence-electron chi connectivity index (χ1n) is 4.30. The van der Waals surface area contributed by atoms with Crippen molar-refractivity contribution in [3.63, 3.8) is 0 Å². The molecule has 0 radical (unpaired) electrons. The summed E-state index contributed by atoms with van der Waals surface area (Å²) >= 11 is 0. The Morgan fingerprint density at radius 1 is 1.44 bits per heavy atom. The van der Waals surface area contributed by atoms with Crippen molar-refractivity contribution in [3.05, 3.63) is 29.3 Å². The Kier molecular flexibility index (Phi) is 3.51. The van der Waals surface area contributed by atoms with Gasteiger partial charge in [0.2, 0.25) is 0 Å². The number of aryl methyl sites for hydroxylation is 1. The van der Waals surface area contributed by atoms with Crippen molar-refractivity contribution >= 4 is 12.0 Å². The Labute approximate surface area is 90.2 Å². The quantitative estimate of drug-likeness (QED) is 0.365. The Balaban J connectivity index is 3.05. The molecular weight excluding hydrogens is 219 g/mol. The summed E-state index contributed by atoms with van der Waals surface area (Å²) in [6.07, 6.45) is -1.76. The lowest BCUT2D eigenvalue weighted by Gasteiger charge is -2.08. The van der Waals surface area contributed by atoms with Gasteiger partial charge < -0.3 is 0 Å². The first-order valence-corrected chi connectivity index (χ1v) is 4.30. The number of halogens is 3. The normalized spacial score (nSPS) is 11.4. The Hall–Kier alpha value is -2.03. The SMILES string of the molecule is Cc1ccc(C(F)(F)F)cc1N=CNC#N. The number of hydrogen-bond donors (Lipinski definition) is 1. The van der Waals surface area contributed by atoms with Crippen LogP contribution in [0.2, 0.25) is 0 Å². The second kappa shape index (κ2) is 4.66. The summed E-state index contributed by atoms with van der Waals surface area (Å²) in [6.45, 7) is 1.64. The average molecular weight is 227 g/mol. The lowest BCUT2D eigenvalue weighted by atomic mass is 10.1. The average Bonchev–Trinajstić information content (AvgIpc) is 2.19. The van der Waals surface area contributed by atoms with Crippen LogP contribution >= 0.6 is 0 Å². The van der Waals surface area contributed by atoms with Crippen LogP contribution in [0.5, 0.6) is 0 Å². The molecule has 0 fully saturated rings. The van der Waals surface area contributed by atoms with Crippen molar-refractivity contribution in [2.75, 3.05) is 0 Å². The molecule has 1 rings (SSSR count). The van der Waals surface area contributed by atoms with Crippen molar-refractivity contribution in [3.8, 4) is 6.19 Å². The fraction of sp³-hybridized carbons (Fsp3) is 0.200. The highest BCUT2D eigenvalue weighted by atomic mass is 19.4. The van der Waals surface area contributed by atoms with Crippen LogP contribution in [-0.4, -0.2) is 6.34 Å². The van der Waals surface area contributed by atoms with Gasteiger partial charge in [0, 0.05) is 0 Å². The lowest BCUT2D eigenvalue weighted by Crippen LogP contribution is -2.05. The third-order valence-electron chi connectivity index (χ3n) is 1.87. The zero-order valence-electron chi connectivity index (χ0n) is 8.34. The molecule has 0 amide bonds. The maximum absolute atomic E-state index is 12.4. The van der Waals surface area contributed by atoms with E-state index in [2.05, 4.69) is 10.3 Å². The predicted octanol–water partition coefficient (Wildman–Crippen LogP) is 2.74. The van der Waals surface area contributed by atoms with Crippen molar-refractivity contribution in [1.29, 1.82) is 5.26 Å². The summed E-state index contributed by atoms with van der Waals surface area (Å²) < 4.78 is 37.1. The molecule has 0 saturated carbocycles. The third kappa shape index (κ3) is 2.98. The standard InChI is InChI=1S/C10H8F3N3/c1-7-2-3-8(10(11,12)13)4-9(7)16-6-15-5-14/h2-4,6H,1H3,(H,15,16). The minimum Gasteiger partial charge on any atom is -0.283 e. The largest absolute Gasteiger partial charge is 0.416 e. The molecule has 84 valence electrons. The van der Waals surface area contributed by atoms with Crippen molar-refractivity contribution < 1.29 is 13.2 Å². The second-order valence-electron chi connectivity index (χ2n) is 3.01. The maximum Gasteiger partial charge on any atom is 0.416 e. The molecule has 1 aromatic rings. The highest BCUT2D eigenvalue weighted by molar-refractivity contribution is 5.64. The first-order chi connectivity index (χ1) is 7.45. The number of nitrogens with one attached hydrogen (secondary N) is 1. The number of nitriles is 1. The number of rotatable bonds is 2. The van der Waals surface area contributed by atoms with Gasteiger partial charge >= 0.3 is 6.18 Å². The highest BCUT2D eigenvalue weighted by Gasteiger charge is 2.30. The molecular formula is C10H8F3N3. The van der Waals surface area contributed by atoms with Crippen molar-refractivity contribution in [2.24, 2.45) is 4.99 Å². The van der Waals surface area contributed by atoms with E-state index in [0.717, 1.165) is 18.5 Å². The van der Waals surface area contributed by atoms with E-state index in [9.17, 15) is 13.2 Å². The van der Waals surface area contributed by atoms with E-state index in [-0.39, 0.29) is 5.69 Å². The van der Waals surface area contributed by atoms with Crippen molar-refractivity contribution in [2.45, 2.75) is 13.1 Å². The molecule has 0 heterocycles.